The van der Waals surface area contributed by atoms with Crippen LogP contribution >= 0.6 is 0 Å². The molecule has 0 N–H and O–H groups in total. The van der Waals surface area contributed by atoms with Crippen molar-refractivity contribution in [3.05, 3.63) is 88.2 Å². The third kappa shape index (κ3) is 6.11. The Morgan fingerprint density at radius 3 is 2.11 bits per heavy atom. The van der Waals surface area contributed by atoms with E-state index in [0.717, 1.165) is 49.4 Å². The number of fused-ring (bicyclic) bond motifs is 1. The highest BCUT2D eigenvalue weighted by atomic mass is 19.4. The van der Waals surface area contributed by atoms with Gasteiger partial charge in [-0.2, -0.15) is 22.0 Å². The molecule has 0 saturated carbocycles. The molecule has 0 spiro atoms. The Bertz CT molecular complexity index is 1260. The first-order valence-electron chi connectivity index (χ1n) is 12.0. The molecule has 3 aromatic rings. The fourth-order valence-corrected chi connectivity index (χ4v) is 4.39. The molecular weight excluding hydrogens is 520 g/mol. The Hall–Kier alpha value is -3.14. The molecule has 10 heteroatoms. The maximum atomic E-state index is 14.9. The predicted molar refractivity (Wildman–Crippen MR) is 124 cm³/mol. The monoisotopic (exact) mass is 544 g/mol. The first-order valence-corrected chi connectivity index (χ1v) is 12.0. The minimum absolute atomic E-state index is 0.0378. The van der Waals surface area contributed by atoms with Gasteiger partial charge in [0.1, 0.15) is 28.8 Å². The summed E-state index contributed by atoms with van der Waals surface area (Å²) in [6.45, 7) is 1.38. The Labute approximate surface area is 214 Å². The highest BCUT2D eigenvalue weighted by Gasteiger charge is 2.44. The quantitative estimate of drug-likeness (QED) is 0.209. The molecule has 0 radical (unpaired) electrons. The van der Waals surface area contributed by atoms with Crippen molar-refractivity contribution >= 4 is 0 Å². The van der Waals surface area contributed by atoms with Gasteiger partial charge >= 0.3 is 12.3 Å². The minimum atomic E-state index is -4.73. The van der Waals surface area contributed by atoms with Crippen LogP contribution in [-0.2, 0) is 30.3 Å². The Balaban J connectivity index is 1.55. The highest BCUT2D eigenvalue weighted by Crippen LogP contribution is 2.39. The third-order valence-corrected chi connectivity index (χ3v) is 6.39. The lowest BCUT2D eigenvalue weighted by Crippen LogP contribution is -2.37. The molecule has 1 aliphatic rings. The normalized spacial score (nSPS) is 15.9. The summed E-state index contributed by atoms with van der Waals surface area (Å²) in [7, 11) is 0. The lowest BCUT2D eigenvalue weighted by molar-refractivity contribution is -0.226. The largest absolute Gasteiger partial charge is 0.432 e. The fraction of sp³-hybridized carbons (Fsp3) is 0.357. The van der Waals surface area contributed by atoms with Crippen molar-refractivity contribution in [3.63, 3.8) is 0 Å². The molecule has 0 fully saturated rings. The zero-order valence-electron chi connectivity index (χ0n) is 20.3. The van der Waals surface area contributed by atoms with Crippen molar-refractivity contribution in [3.8, 4) is 16.9 Å². The Morgan fingerprint density at radius 1 is 0.842 bits per heavy atom. The molecule has 204 valence electrons. The average Bonchev–Trinajstić information content (AvgIpc) is 2.83. The van der Waals surface area contributed by atoms with Gasteiger partial charge in [-0.05, 0) is 58.9 Å². The van der Waals surface area contributed by atoms with Crippen LogP contribution in [0.3, 0.4) is 0 Å². The SMILES string of the molecule is CCCCCc1ccc(-c2cc(F)c(C(F)(F)Oc3cc(F)c4c(c3)COC(C(F)(F)F)C4)c(F)c2)cc1. The maximum absolute atomic E-state index is 14.9. The van der Waals surface area contributed by atoms with Crippen LogP contribution in [0.25, 0.3) is 11.1 Å². The van der Waals surface area contributed by atoms with Crippen molar-refractivity contribution in [1.29, 1.82) is 0 Å². The van der Waals surface area contributed by atoms with Gasteiger partial charge in [-0.1, -0.05) is 44.0 Å². The number of benzene rings is 3. The first-order chi connectivity index (χ1) is 17.9. The third-order valence-electron chi connectivity index (χ3n) is 6.39. The zero-order valence-corrected chi connectivity index (χ0v) is 20.3. The molecule has 0 saturated heterocycles. The molecule has 0 amide bonds. The van der Waals surface area contributed by atoms with Crippen LogP contribution in [0.5, 0.6) is 5.75 Å². The second-order valence-electron chi connectivity index (χ2n) is 9.18. The molecule has 1 unspecified atom stereocenters. The van der Waals surface area contributed by atoms with Gasteiger partial charge < -0.3 is 9.47 Å². The second-order valence-corrected chi connectivity index (χ2v) is 9.18. The number of ether oxygens (including phenoxy) is 2. The van der Waals surface area contributed by atoms with Crippen molar-refractivity contribution in [2.45, 2.75) is 64.0 Å². The Kier molecular flexibility index (Phi) is 8.01. The number of aryl methyl sites for hydroxylation is 1. The standard InChI is InChI=1S/C28H24F8O2/c1-2-3-4-5-16-6-8-17(9-7-16)18-11-23(30)26(24(31)12-18)28(35,36)38-20-10-19-15-37-25(27(32,33)34)14-21(19)22(29)13-20/h6-13,25H,2-5,14-15H2,1H3. The lowest BCUT2D eigenvalue weighted by atomic mass is 9.97. The number of hydrogen-bond donors (Lipinski definition) is 0. The topological polar surface area (TPSA) is 18.5 Å². The summed E-state index contributed by atoms with van der Waals surface area (Å²) in [5.41, 5.74) is -0.666. The van der Waals surface area contributed by atoms with E-state index >= 15 is 0 Å². The molecule has 0 aliphatic carbocycles. The van der Waals surface area contributed by atoms with Crippen molar-refractivity contribution in [2.24, 2.45) is 0 Å². The van der Waals surface area contributed by atoms with E-state index in [9.17, 15) is 35.1 Å². The van der Waals surface area contributed by atoms with Gasteiger partial charge in [-0.25, -0.2) is 13.2 Å². The zero-order chi connectivity index (χ0) is 27.7. The summed E-state index contributed by atoms with van der Waals surface area (Å²) in [5, 5.41) is 0. The summed E-state index contributed by atoms with van der Waals surface area (Å²) in [4.78, 5) is 0. The van der Waals surface area contributed by atoms with E-state index in [1.807, 2.05) is 0 Å². The van der Waals surface area contributed by atoms with E-state index < -0.39 is 60.2 Å². The minimum Gasteiger partial charge on any atom is -0.429 e. The van der Waals surface area contributed by atoms with Crippen molar-refractivity contribution in [1.82, 2.24) is 0 Å². The average molecular weight is 544 g/mol. The molecule has 2 nitrogen and oxygen atoms in total. The van der Waals surface area contributed by atoms with E-state index in [1.165, 1.54) is 0 Å². The van der Waals surface area contributed by atoms with E-state index in [4.69, 9.17) is 0 Å². The molecule has 1 atom stereocenters. The molecule has 0 bridgehead atoms. The van der Waals surface area contributed by atoms with Crippen LogP contribution in [0, 0.1) is 17.5 Å². The van der Waals surface area contributed by atoms with Gasteiger partial charge in [-0.3, -0.25) is 0 Å². The van der Waals surface area contributed by atoms with Crippen LogP contribution in [0.15, 0.2) is 48.5 Å². The summed E-state index contributed by atoms with van der Waals surface area (Å²) in [6, 6.07) is 9.72. The molecule has 1 aliphatic heterocycles. The van der Waals surface area contributed by atoms with Crippen LogP contribution in [0.2, 0.25) is 0 Å². The van der Waals surface area contributed by atoms with Gasteiger partial charge in [0, 0.05) is 12.5 Å². The molecule has 3 aromatic carbocycles. The molecule has 38 heavy (non-hydrogen) atoms. The molecule has 0 aromatic heterocycles. The summed E-state index contributed by atoms with van der Waals surface area (Å²) in [6.07, 6.45) is -8.39. The number of rotatable bonds is 8. The highest BCUT2D eigenvalue weighted by molar-refractivity contribution is 5.64. The fourth-order valence-electron chi connectivity index (χ4n) is 4.39. The van der Waals surface area contributed by atoms with Crippen molar-refractivity contribution in [2.75, 3.05) is 0 Å². The summed E-state index contributed by atoms with van der Waals surface area (Å²) < 4.78 is 122. The van der Waals surface area contributed by atoms with Gasteiger partial charge in [0.15, 0.2) is 6.10 Å². The van der Waals surface area contributed by atoms with Gasteiger partial charge in [0.2, 0.25) is 0 Å². The van der Waals surface area contributed by atoms with E-state index in [-0.39, 0.29) is 16.7 Å². The van der Waals surface area contributed by atoms with Crippen LogP contribution in [0.4, 0.5) is 35.1 Å². The molecular formula is C28H24F8O2. The summed E-state index contributed by atoms with van der Waals surface area (Å²) >= 11 is 0. The first kappa shape index (κ1) is 27.9. The van der Waals surface area contributed by atoms with Crippen molar-refractivity contribution < 1.29 is 44.6 Å². The predicted octanol–water partition coefficient (Wildman–Crippen LogP) is 8.64. The molecule has 1 heterocycles. The number of halogens is 8. The number of hydrogen-bond acceptors (Lipinski definition) is 2. The molecule has 4 rings (SSSR count). The van der Waals surface area contributed by atoms with Gasteiger partial charge in [0.25, 0.3) is 0 Å². The van der Waals surface area contributed by atoms with Crippen LogP contribution in [0.1, 0.15) is 48.4 Å². The van der Waals surface area contributed by atoms with Gasteiger partial charge in [0.05, 0.1) is 6.61 Å². The number of unbranched alkanes of at least 4 members (excludes halogenated alkanes) is 2. The van der Waals surface area contributed by atoms with Crippen LogP contribution < -0.4 is 4.74 Å². The van der Waals surface area contributed by atoms with Crippen LogP contribution in [-0.4, -0.2) is 12.3 Å². The second kappa shape index (κ2) is 10.9. The van der Waals surface area contributed by atoms with E-state index in [1.54, 1.807) is 24.3 Å². The lowest BCUT2D eigenvalue weighted by Gasteiger charge is -2.28. The summed E-state index contributed by atoms with van der Waals surface area (Å²) in [5.74, 6) is -5.19. The Morgan fingerprint density at radius 2 is 1.50 bits per heavy atom. The smallest absolute Gasteiger partial charge is 0.429 e. The number of alkyl halides is 5. The maximum Gasteiger partial charge on any atom is 0.432 e. The van der Waals surface area contributed by atoms with Gasteiger partial charge in [-0.15, -0.1) is 0 Å². The van der Waals surface area contributed by atoms with E-state index in [2.05, 4.69) is 16.4 Å². The van der Waals surface area contributed by atoms with E-state index in [0.29, 0.717) is 11.6 Å².